The van der Waals surface area contributed by atoms with Gasteiger partial charge in [0.2, 0.25) is 0 Å². The van der Waals surface area contributed by atoms with Crippen LogP contribution >= 0.6 is 0 Å². The van der Waals surface area contributed by atoms with E-state index < -0.39 is 43.3 Å². The number of ether oxygens (including phenoxy) is 3. The highest BCUT2D eigenvalue weighted by Gasteiger charge is 2.40. The van der Waals surface area contributed by atoms with Crippen LogP contribution in [0, 0.1) is 0 Å². The summed E-state index contributed by atoms with van der Waals surface area (Å²) >= 11 is 0. The minimum atomic E-state index is -4.51. The van der Waals surface area contributed by atoms with Crippen LogP contribution in [0.15, 0.2) is 48.0 Å². The van der Waals surface area contributed by atoms with E-state index in [4.69, 9.17) is 14.2 Å². The fourth-order valence-electron chi connectivity index (χ4n) is 5.03. The summed E-state index contributed by atoms with van der Waals surface area (Å²) in [6.45, 7) is -1.33. The Hall–Kier alpha value is -3.86. The summed E-state index contributed by atoms with van der Waals surface area (Å²) in [7, 11) is 4.23. The molecule has 0 saturated carbocycles. The lowest BCUT2D eigenvalue weighted by molar-refractivity contribution is -0.137. The zero-order chi connectivity index (χ0) is 28.5. The lowest BCUT2D eigenvalue weighted by atomic mass is 9.85. The Morgan fingerprint density at radius 1 is 0.846 bits per heavy atom. The van der Waals surface area contributed by atoms with E-state index in [0.717, 1.165) is 12.1 Å². The molecule has 39 heavy (non-hydrogen) atoms. The minimum Gasteiger partial charge on any atom is -0.496 e. The van der Waals surface area contributed by atoms with Crippen molar-refractivity contribution in [3.05, 3.63) is 92.5 Å². The van der Waals surface area contributed by atoms with Gasteiger partial charge in [0.15, 0.2) is 17.3 Å². The number of aliphatic hydroxyl groups is 3. The number of benzene rings is 3. The van der Waals surface area contributed by atoms with E-state index in [-0.39, 0.29) is 16.9 Å². The van der Waals surface area contributed by atoms with Gasteiger partial charge in [0.25, 0.3) is 0 Å². The highest BCUT2D eigenvalue weighted by atomic mass is 19.4. The van der Waals surface area contributed by atoms with E-state index >= 15 is 0 Å². The monoisotopic (exact) mass is 544 g/mol. The number of carbonyl (C=O) groups is 1. The Balaban J connectivity index is 2.03. The molecule has 0 aromatic heterocycles. The molecule has 0 heterocycles. The fourth-order valence-corrected chi connectivity index (χ4v) is 5.03. The number of hydrogen-bond donors (Lipinski definition) is 3. The van der Waals surface area contributed by atoms with Crippen molar-refractivity contribution in [2.75, 3.05) is 21.3 Å². The van der Waals surface area contributed by atoms with Gasteiger partial charge in [0, 0.05) is 33.7 Å². The van der Waals surface area contributed by atoms with Crippen molar-refractivity contribution < 1.29 is 47.5 Å². The molecule has 1 aliphatic carbocycles. The summed E-state index contributed by atoms with van der Waals surface area (Å²) < 4.78 is 55.9. The molecule has 0 amide bonds. The van der Waals surface area contributed by atoms with Crippen LogP contribution in [0.1, 0.15) is 55.2 Å². The third-order valence-corrected chi connectivity index (χ3v) is 6.80. The van der Waals surface area contributed by atoms with Crippen LogP contribution in [0.25, 0.3) is 6.08 Å². The van der Waals surface area contributed by atoms with E-state index in [0.29, 0.717) is 44.9 Å². The second-order valence-electron chi connectivity index (χ2n) is 8.88. The first-order chi connectivity index (χ1) is 18.6. The molecule has 0 radical (unpaired) electrons. The maximum absolute atomic E-state index is 13.8. The Bertz CT molecular complexity index is 1400. The molecule has 1 atom stereocenters. The quantitative estimate of drug-likeness (QED) is 0.356. The number of allylic oxidation sites excluding steroid dienone is 1. The number of fused-ring (bicyclic) bond motifs is 1. The number of hydrogen-bond acceptors (Lipinski definition) is 7. The van der Waals surface area contributed by atoms with Crippen LogP contribution in [-0.2, 0) is 26.0 Å². The molecule has 0 bridgehead atoms. The summed E-state index contributed by atoms with van der Waals surface area (Å²) in [5.41, 5.74) is 1.89. The Morgan fingerprint density at radius 3 is 2.00 bits per heavy atom. The predicted octanol–water partition coefficient (Wildman–Crippen LogP) is 4.62. The van der Waals surface area contributed by atoms with E-state index in [1.54, 1.807) is 12.1 Å². The first kappa shape index (κ1) is 28.2. The molecule has 4 rings (SSSR count). The number of ketones is 1. The Kier molecular flexibility index (Phi) is 8.01. The van der Waals surface area contributed by atoms with Crippen LogP contribution in [0.4, 0.5) is 13.2 Å². The van der Waals surface area contributed by atoms with Crippen molar-refractivity contribution in [3.8, 4) is 17.2 Å². The molecular weight excluding hydrogens is 517 g/mol. The highest BCUT2D eigenvalue weighted by molar-refractivity contribution is 6.18. The lowest BCUT2D eigenvalue weighted by Crippen LogP contribution is -2.08. The average Bonchev–Trinajstić information content (AvgIpc) is 3.21. The number of aliphatic hydroxyl groups excluding tert-OH is 3. The number of rotatable bonds is 8. The number of carbonyl (C=O) groups excluding carboxylic acids is 1. The summed E-state index contributed by atoms with van der Waals surface area (Å²) in [5.74, 6) is -0.434. The van der Waals surface area contributed by atoms with Gasteiger partial charge in [-0.05, 0) is 53.1 Å². The molecule has 1 unspecified atom stereocenters. The van der Waals surface area contributed by atoms with Gasteiger partial charge in [0.1, 0.15) is 5.75 Å². The minimum absolute atomic E-state index is 0.202. The largest absolute Gasteiger partial charge is 0.496 e. The van der Waals surface area contributed by atoms with Crippen molar-refractivity contribution in [2.45, 2.75) is 31.9 Å². The molecule has 0 fully saturated rings. The van der Waals surface area contributed by atoms with Gasteiger partial charge in [-0.15, -0.1) is 0 Å². The maximum Gasteiger partial charge on any atom is 0.416 e. The zero-order valence-electron chi connectivity index (χ0n) is 21.4. The highest BCUT2D eigenvalue weighted by Crippen LogP contribution is 2.51. The smallest absolute Gasteiger partial charge is 0.416 e. The first-order valence-electron chi connectivity index (χ1n) is 11.9. The van der Waals surface area contributed by atoms with Crippen LogP contribution < -0.4 is 14.2 Å². The third-order valence-electron chi connectivity index (χ3n) is 6.80. The van der Waals surface area contributed by atoms with Gasteiger partial charge < -0.3 is 29.5 Å². The predicted molar refractivity (Wildman–Crippen MR) is 136 cm³/mol. The molecule has 3 N–H and O–H groups in total. The topological polar surface area (TPSA) is 105 Å². The van der Waals surface area contributed by atoms with Gasteiger partial charge >= 0.3 is 6.18 Å². The fraction of sp³-hybridized carbons (Fsp3) is 0.276. The van der Waals surface area contributed by atoms with Crippen LogP contribution in [0.2, 0.25) is 0 Å². The van der Waals surface area contributed by atoms with Crippen LogP contribution in [0.5, 0.6) is 17.2 Å². The number of Topliss-reactive ketones (excluding diaryl/α,β-unsaturated/α-hetero) is 1. The van der Waals surface area contributed by atoms with Crippen molar-refractivity contribution in [3.63, 3.8) is 0 Å². The number of alkyl halides is 3. The Morgan fingerprint density at radius 2 is 1.49 bits per heavy atom. The third kappa shape index (κ3) is 4.98. The van der Waals surface area contributed by atoms with Gasteiger partial charge in [-0.2, -0.15) is 13.2 Å². The van der Waals surface area contributed by atoms with Crippen molar-refractivity contribution in [1.29, 1.82) is 0 Å². The summed E-state index contributed by atoms with van der Waals surface area (Å²) in [4.78, 5) is 13.8. The molecule has 3 aromatic carbocycles. The van der Waals surface area contributed by atoms with Gasteiger partial charge in [-0.1, -0.05) is 12.1 Å². The standard InChI is InChI=1S/C29H27F3O7/c1-37-23-11-16(9-18(13-34)27(23)38-2)24-20(8-15-4-6-19(7-5-15)29(30,31)32)26(36)21-10-17(12-33)22(14-35)28(39-3)25(21)24/h4-11,24,33-35H,12-14H2,1-3H3/b20-8-. The van der Waals surface area contributed by atoms with E-state index in [1.165, 1.54) is 45.6 Å². The van der Waals surface area contributed by atoms with Crippen molar-refractivity contribution >= 4 is 11.9 Å². The van der Waals surface area contributed by atoms with E-state index in [9.17, 15) is 33.3 Å². The summed E-state index contributed by atoms with van der Waals surface area (Å²) in [6, 6.07) is 9.18. The average molecular weight is 545 g/mol. The van der Waals surface area contributed by atoms with Gasteiger partial charge in [-0.25, -0.2) is 0 Å². The second kappa shape index (κ2) is 11.1. The molecule has 3 aromatic rings. The van der Waals surface area contributed by atoms with Crippen molar-refractivity contribution in [1.82, 2.24) is 0 Å². The number of halogens is 3. The van der Waals surface area contributed by atoms with E-state index in [2.05, 4.69) is 0 Å². The SMILES string of the molecule is COc1cc(C2/C(=C/c3ccc(C(F)(F)F)cc3)C(=O)c3cc(CO)c(CO)c(OC)c32)cc(CO)c1OC. The molecular formula is C29H27F3O7. The summed E-state index contributed by atoms with van der Waals surface area (Å²) in [5, 5.41) is 30.0. The summed E-state index contributed by atoms with van der Waals surface area (Å²) in [6.07, 6.45) is -3.01. The normalized spacial score (nSPS) is 16.0. The van der Waals surface area contributed by atoms with Crippen molar-refractivity contribution in [2.24, 2.45) is 0 Å². The van der Waals surface area contributed by atoms with Gasteiger partial charge in [0.05, 0.1) is 46.7 Å². The molecule has 206 valence electrons. The van der Waals surface area contributed by atoms with Crippen LogP contribution in [-0.4, -0.2) is 42.4 Å². The lowest BCUT2D eigenvalue weighted by Gasteiger charge is -2.22. The van der Waals surface area contributed by atoms with Gasteiger partial charge in [-0.3, -0.25) is 4.79 Å². The maximum atomic E-state index is 13.8. The molecule has 1 aliphatic rings. The molecule has 0 saturated heterocycles. The molecule has 0 aliphatic heterocycles. The molecule has 0 spiro atoms. The molecule has 10 heteroatoms. The van der Waals surface area contributed by atoms with E-state index in [1.807, 2.05) is 0 Å². The first-order valence-corrected chi connectivity index (χ1v) is 11.9. The zero-order valence-corrected chi connectivity index (χ0v) is 21.4. The molecule has 7 nitrogen and oxygen atoms in total. The van der Waals surface area contributed by atoms with Crippen LogP contribution in [0.3, 0.4) is 0 Å². The Labute approximate surface area is 222 Å². The second-order valence-corrected chi connectivity index (χ2v) is 8.88. The number of methoxy groups -OCH3 is 3.